The second-order valence-corrected chi connectivity index (χ2v) is 6.80. The molecule has 1 rings (SSSR count). The van der Waals surface area contributed by atoms with Gasteiger partial charge in [0.15, 0.2) is 11.8 Å². The average molecular weight is 481 g/mol. The zero-order chi connectivity index (χ0) is 18.7. The molecule has 0 spiro atoms. The molecule has 26 heavy (non-hydrogen) atoms. The fourth-order valence-electron chi connectivity index (χ4n) is 2.67. The summed E-state index contributed by atoms with van der Waals surface area (Å²) in [6.45, 7) is 12.1. The number of halogens is 1. The molecule has 0 fully saturated rings. The van der Waals surface area contributed by atoms with Gasteiger partial charge in [-0.1, -0.05) is 45.7 Å². The Bertz CT molecular complexity index is 513. The minimum absolute atomic E-state index is 0. The first-order chi connectivity index (χ1) is 11.9. The number of aliphatic hydroxyl groups is 1. The molecule has 0 bridgehead atoms. The highest BCUT2D eigenvalue weighted by molar-refractivity contribution is 14.0. The van der Waals surface area contributed by atoms with E-state index >= 15 is 0 Å². The van der Waals surface area contributed by atoms with Gasteiger partial charge in [0.05, 0.1) is 12.1 Å². The smallest absolute Gasteiger partial charge is 0.228 e. The van der Waals surface area contributed by atoms with Crippen LogP contribution in [0.15, 0.2) is 9.52 Å². The summed E-state index contributed by atoms with van der Waals surface area (Å²) in [7, 11) is 0. The van der Waals surface area contributed by atoms with Gasteiger partial charge in [-0.2, -0.15) is 4.98 Å². The van der Waals surface area contributed by atoms with Crippen molar-refractivity contribution in [3.05, 3.63) is 11.7 Å². The summed E-state index contributed by atoms with van der Waals surface area (Å²) in [6.07, 6.45) is 4.07. The predicted molar refractivity (Wildman–Crippen MR) is 116 cm³/mol. The monoisotopic (exact) mass is 481 g/mol. The Labute approximate surface area is 174 Å². The van der Waals surface area contributed by atoms with E-state index in [0.29, 0.717) is 31.4 Å². The summed E-state index contributed by atoms with van der Waals surface area (Å²) in [4.78, 5) is 8.93. The average Bonchev–Trinajstić information content (AvgIpc) is 3.02. The van der Waals surface area contributed by atoms with Crippen LogP contribution in [0.4, 0.5) is 0 Å². The fraction of sp³-hybridized carbons (Fsp3) is 0.833. The van der Waals surface area contributed by atoms with E-state index < -0.39 is 5.60 Å². The largest absolute Gasteiger partial charge is 0.388 e. The summed E-state index contributed by atoms with van der Waals surface area (Å²) >= 11 is 0. The van der Waals surface area contributed by atoms with Crippen LogP contribution in [0, 0.1) is 0 Å². The van der Waals surface area contributed by atoms with Crippen LogP contribution in [-0.4, -0.2) is 46.4 Å². The molecule has 0 unspecified atom stereocenters. The Morgan fingerprint density at radius 1 is 1.19 bits per heavy atom. The van der Waals surface area contributed by atoms with Crippen molar-refractivity contribution in [1.82, 2.24) is 20.8 Å². The first-order valence-corrected chi connectivity index (χ1v) is 9.51. The first kappa shape index (κ1) is 25.1. The van der Waals surface area contributed by atoms with Crippen LogP contribution in [-0.2, 0) is 6.42 Å². The van der Waals surface area contributed by atoms with E-state index in [1.54, 1.807) is 0 Å². The third-order valence-corrected chi connectivity index (χ3v) is 3.94. The molecule has 0 atom stereocenters. The third kappa shape index (κ3) is 9.16. The standard InChI is InChI=1S/C18H35N5O2.HI/c1-6-10-18(24,11-7-2)13-21-17(19-8-3)20-12-9-15-22-16(14(4)5)23-25-15;/h14,24H,6-13H2,1-5H3,(H2,19,20,21);1H. The molecule has 0 saturated carbocycles. The molecule has 1 aromatic rings. The van der Waals surface area contributed by atoms with Crippen LogP contribution >= 0.6 is 24.0 Å². The van der Waals surface area contributed by atoms with Gasteiger partial charge in [0.2, 0.25) is 5.89 Å². The molecule has 7 nitrogen and oxygen atoms in total. The number of rotatable bonds is 11. The van der Waals surface area contributed by atoms with Gasteiger partial charge in [-0.25, -0.2) is 0 Å². The lowest BCUT2D eigenvalue weighted by molar-refractivity contribution is 0.0306. The van der Waals surface area contributed by atoms with E-state index in [1.165, 1.54) is 0 Å². The van der Waals surface area contributed by atoms with Gasteiger partial charge >= 0.3 is 0 Å². The quantitative estimate of drug-likeness (QED) is 0.255. The van der Waals surface area contributed by atoms with Crippen molar-refractivity contribution in [2.45, 2.75) is 78.2 Å². The molecule has 0 radical (unpaired) electrons. The Morgan fingerprint density at radius 2 is 1.85 bits per heavy atom. The highest BCUT2D eigenvalue weighted by Gasteiger charge is 2.24. The molecular weight excluding hydrogens is 445 g/mol. The summed E-state index contributed by atoms with van der Waals surface area (Å²) in [6, 6.07) is 0. The molecule has 152 valence electrons. The number of nitrogens with one attached hydrogen (secondary N) is 2. The zero-order valence-electron chi connectivity index (χ0n) is 16.8. The number of aliphatic imine (C=N–C) groups is 1. The molecule has 1 heterocycles. The van der Waals surface area contributed by atoms with E-state index in [-0.39, 0.29) is 29.9 Å². The van der Waals surface area contributed by atoms with Crippen molar-refractivity contribution in [1.29, 1.82) is 0 Å². The molecule has 8 heteroatoms. The van der Waals surface area contributed by atoms with Gasteiger partial charge in [0.1, 0.15) is 0 Å². The maximum atomic E-state index is 10.7. The van der Waals surface area contributed by atoms with Crippen molar-refractivity contribution in [3.63, 3.8) is 0 Å². The minimum Gasteiger partial charge on any atom is -0.388 e. The van der Waals surface area contributed by atoms with Crippen LogP contribution < -0.4 is 10.6 Å². The number of aromatic nitrogens is 2. The van der Waals surface area contributed by atoms with Gasteiger partial charge < -0.3 is 20.3 Å². The Morgan fingerprint density at radius 3 is 2.35 bits per heavy atom. The third-order valence-electron chi connectivity index (χ3n) is 3.94. The normalized spacial score (nSPS) is 12.2. The van der Waals surface area contributed by atoms with Crippen molar-refractivity contribution >= 4 is 29.9 Å². The lowest BCUT2D eigenvalue weighted by Gasteiger charge is -2.26. The molecule has 0 aliphatic heterocycles. The maximum absolute atomic E-state index is 10.7. The zero-order valence-corrected chi connectivity index (χ0v) is 19.2. The summed E-state index contributed by atoms with van der Waals surface area (Å²) in [5.41, 5.74) is -0.718. The molecular formula is C18H36IN5O2. The fourth-order valence-corrected chi connectivity index (χ4v) is 2.67. The Kier molecular flexibility index (Phi) is 12.8. The number of hydrogen-bond donors (Lipinski definition) is 3. The molecule has 0 saturated heterocycles. The van der Waals surface area contributed by atoms with E-state index in [9.17, 15) is 5.11 Å². The van der Waals surface area contributed by atoms with E-state index in [1.807, 2.05) is 20.8 Å². The van der Waals surface area contributed by atoms with Crippen molar-refractivity contribution in [3.8, 4) is 0 Å². The molecule has 0 aliphatic carbocycles. The molecule has 0 aliphatic rings. The van der Waals surface area contributed by atoms with Crippen molar-refractivity contribution in [2.75, 3.05) is 19.6 Å². The van der Waals surface area contributed by atoms with Crippen molar-refractivity contribution in [2.24, 2.45) is 4.99 Å². The highest BCUT2D eigenvalue weighted by atomic mass is 127. The van der Waals surface area contributed by atoms with Gasteiger partial charge in [-0.05, 0) is 19.8 Å². The Balaban J connectivity index is 0.00000625. The summed E-state index contributed by atoms with van der Waals surface area (Å²) in [5, 5.41) is 21.1. The van der Waals surface area contributed by atoms with E-state index in [2.05, 4.69) is 39.6 Å². The number of guanidine groups is 1. The van der Waals surface area contributed by atoms with Gasteiger partial charge in [0.25, 0.3) is 0 Å². The van der Waals surface area contributed by atoms with Crippen LogP contribution in [0.3, 0.4) is 0 Å². The van der Waals surface area contributed by atoms with E-state index in [4.69, 9.17) is 4.52 Å². The SMILES string of the molecule is CCCC(O)(CCC)CN=C(NCC)NCCc1nc(C(C)C)no1.I. The molecule has 3 N–H and O–H groups in total. The van der Waals surface area contributed by atoms with Gasteiger partial charge in [-0.15, -0.1) is 24.0 Å². The van der Waals surface area contributed by atoms with Crippen LogP contribution in [0.1, 0.15) is 77.9 Å². The summed E-state index contributed by atoms with van der Waals surface area (Å²) in [5.74, 6) is 2.33. The highest BCUT2D eigenvalue weighted by Crippen LogP contribution is 2.19. The Hall–Kier alpha value is -0.900. The van der Waals surface area contributed by atoms with Crippen LogP contribution in [0.25, 0.3) is 0 Å². The maximum Gasteiger partial charge on any atom is 0.228 e. The number of hydrogen-bond acceptors (Lipinski definition) is 5. The van der Waals surface area contributed by atoms with Gasteiger partial charge in [-0.3, -0.25) is 4.99 Å². The van der Waals surface area contributed by atoms with Crippen LogP contribution in [0.2, 0.25) is 0 Å². The van der Waals surface area contributed by atoms with Crippen molar-refractivity contribution < 1.29 is 9.63 Å². The summed E-state index contributed by atoms with van der Waals surface area (Å²) < 4.78 is 5.24. The second-order valence-electron chi connectivity index (χ2n) is 6.80. The lowest BCUT2D eigenvalue weighted by Crippen LogP contribution is -2.40. The van der Waals surface area contributed by atoms with Crippen LogP contribution in [0.5, 0.6) is 0 Å². The topological polar surface area (TPSA) is 95.6 Å². The predicted octanol–water partition coefficient (Wildman–Crippen LogP) is 3.24. The molecule has 0 amide bonds. The lowest BCUT2D eigenvalue weighted by atomic mass is 9.93. The van der Waals surface area contributed by atoms with E-state index in [0.717, 1.165) is 38.1 Å². The molecule has 0 aromatic carbocycles. The van der Waals surface area contributed by atoms with Gasteiger partial charge in [0, 0.05) is 25.4 Å². The molecule has 1 aromatic heterocycles. The second kappa shape index (κ2) is 13.3. The number of nitrogens with zero attached hydrogens (tertiary/aromatic N) is 3. The minimum atomic E-state index is -0.718. The first-order valence-electron chi connectivity index (χ1n) is 9.51.